The van der Waals surface area contributed by atoms with E-state index in [1.165, 1.54) is 12.1 Å². The van der Waals surface area contributed by atoms with Gasteiger partial charge in [-0.2, -0.15) is 13.2 Å². The zero-order valence-corrected chi connectivity index (χ0v) is 10.9. The lowest BCUT2D eigenvalue weighted by atomic mass is 9.94. The maximum atomic E-state index is 12.9. The molecule has 0 aliphatic heterocycles. The average molecular weight is 260 g/mol. The van der Waals surface area contributed by atoms with Crippen molar-refractivity contribution in [3.63, 3.8) is 0 Å². The molecule has 18 heavy (non-hydrogen) atoms. The Hall–Kier alpha value is -1.19. The van der Waals surface area contributed by atoms with E-state index in [2.05, 4.69) is 0 Å². The van der Waals surface area contributed by atoms with Crippen LogP contribution in [0.2, 0.25) is 0 Å². The van der Waals surface area contributed by atoms with Gasteiger partial charge in [0.25, 0.3) is 0 Å². The fraction of sp³-hybridized carbons (Fsp3) is 0.571. The van der Waals surface area contributed by atoms with Gasteiger partial charge in [-0.3, -0.25) is 0 Å². The van der Waals surface area contributed by atoms with E-state index in [0.717, 1.165) is 0 Å². The normalized spacial score (nSPS) is 13.7. The van der Waals surface area contributed by atoms with Crippen LogP contribution in [0.3, 0.4) is 0 Å². The summed E-state index contributed by atoms with van der Waals surface area (Å²) in [6.07, 6.45) is -3.54. The summed E-state index contributed by atoms with van der Waals surface area (Å²) in [5.74, 6) is -0.776. The third kappa shape index (κ3) is 4.24. The molecule has 4 heteroatoms. The van der Waals surface area contributed by atoms with Crippen molar-refractivity contribution in [1.29, 1.82) is 0 Å². The van der Waals surface area contributed by atoms with Gasteiger partial charge in [0.15, 0.2) is 0 Å². The first kappa shape index (κ1) is 14.9. The fourth-order valence-electron chi connectivity index (χ4n) is 1.86. The van der Waals surface area contributed by atoms with Crippen LogP contribution in [0.5, 0.6) is 5.75 Å². The standard InChI is InChI=1S/C14H19F3O/c1-4-5-13(14(15,16)17)11-6-8-12(9-7-11)18-10(2)3/h6-10,13H,4-5H2,1-3H3. The van der Waals surface area contributed by atoms with Gasteiger partial charge in [-0.25, -0.2) is 0 Å². The molecule has 1 nitrogen and oxygen atoms in total. The second-order valence-corrected chi connectivity index (χ2v) is 4.62. The van der Waals surface area contributed by atoms with Crippen LogP contribution in [0.25, 0.3) is 0 Å². The summed E-state index contributed by atoms with van der Waals surface area (Å²) >= 11 is 0. The van der Waals surface area contributed by atoms with Crippen molar-refractivity contribution in [2.75, 3.05) is 0 Å². The van der Waals surface area contributed by atoms with Gasteiger partial charge in [0.1, 0.15) is 5.75 Å². The van der Waals surface area contributed by atoms with E-state index in [1.807, 2.05) is 13.8 Å². The SMILES string of the molecule is CCCC(c1ccc(OC(C)C)cc1)C(F)(F)F. The molecule has 0 aliphatic carbocycles. The number of hydrogen-bond donors (Lipinski definition) is 0. The lowest BCUT2D eigenvalue weighted by Gasteiger charge is -2.20. The van der Waals surface area contributed by atoms with Crippen molar-refractivity contribution in [3.05, 3.63) is 29.8 Å². The fourth-order valence-corrected chi connectivity index (χ4v) is 1.86. The van der Waals surface area contributed by atoms with Gasteiger partial charge < -0.3 is 4.74 Å². The van der Waals surface area contributed by atoms with Crippen molar-refractivity contribution in [2.24, 2.45) is 0 Å². The van der Waals surface area contributed by atoms with Crippen molar-refractivity contribution in [3.8, 4) is 5.75 Å². The highest BCUT2D eigenvalue weighted by atomic mass is 19.4. The summed E-state index contributed by atoms with van der Waals surface area (Å²) in [4.78, 5) is 0. The average Bonchev–Trinajstić information content (AvgIpc) is 2.25. The van der Waals surface area contributed by atoms with Gasteiger partial charge in [0.05, 0.1) is 12.0 Å². The number of ether oxygens (including phenoxy) is 1. The van der Waals surface area contributed by atoms with Crippen LogP contribution in [-0.4, -0.2) is 12.3 Å². The molecule has 1 rings (SSSR count). The van der Waals surface area contributed by atoms with Crippen molar-refractivity contribution >= 4 is 0 Å². The van der Waals surface area contributed by atoms with Crippen LogP contribution in [0.4, 0.5) is 13.2 Å². The molecular formula is C14H19F3O. The van der Waals surface area contributed by atoms with Crippen LogP contribution < -0.4 is 4.74 Å². The molecule has 0 heterocycles. The highest BCUT2D eigenvalue weighted by molar-refractivity contribution is 5.30. The minimum atomic E-state index is -4.18. The van der Waals surface area contributed by atoms with Crippen LogP contribution in [-0.2, 0) is 0 Å². The molecule has 102 valence electrons. The molecule has 1 unspecified atom stereocenters. The Morgan fingerprint density at radius 2 is 1.67 bits per heavy atom. The molecular weight excluding hydrogens is 241 g/mol. The summed E-state index contributed by atoms with van der Waals surface area (Å²) in [5.41, 5.74) is 0.306. The summed E-state index contributed by atoms with van der Waals surface area (Å²) in [6, 6.07) is 6.21. The summed E-state index contributed by atoms with van der Waals surface area (Å²) < 4.78 is 44.0. The van der Waals surface area contributed by atoms with Crippen molar-refractivity contribution < 1.29 is 17.9 Å². The molecule has 0 amide bonds. The van der Waals surface area contributed by atoms with Crippen LogP contribution >= 0.6 is 0 Å². The largest absolute Gasteiger partial charge is 0.491 e. The maximum Gasteiger partial charge on any atom is 0.395 e. The number of hydrogen-bond acceptors (Lipinski definition) is 1. The first-order valence-electron chi connectivity index (χ1n) is 6.18. The monoisotopic (exact) mass is 260 g/mol. The summed E-state index contributed by atoms with van der Waals surface area (Å²) in [6.45, 7) is 5.52. The van der Waals surface area contributed by atoms with E-state index >= 15 is 0 Å². The summed E-state index contributed by atoms with van der Waals surface area (Å²) in [7, 11) is 0. The van der Waals surface area contributed by atoms with Crippen LogP contribution in [0.15, 0.2) is 24.3 Å². The zero-order valence-electron chi connectivity index (χ0n) is 10.9. The quantitative estimate of drug-likeness (QED) is 0.730. The molecule has 0 aromatic heterocycles. The Bertz CT molecular complexity index is 354. The van der Waals surface area contributed by atoms with Gasteiger partial charge in [-0.05, 0) is 38.0 Å². The predicted molar refractivity (Wildman–Crippen MR) is 65.9 cm³/mol. The molecule has 1 aromatic rings. The van der Waals surface area contributed by atoms with Gasteiger partial charge in [-0.15, -0.1) is 0 Å². The maximum absolute atomic E-state index is 12.9. The minimum Gasteiger partial charge on any atom is -0.491 e. The second kappa shape index (κ2) is 6.12. The highest BCUT2D eigenvalue weighted by Crippen LogP contribution is 2.38. The van der Waals surface area contributed by atoms with E-state index in [4.69, 9.17) is 4.74 Å². The Balaban J connectivity index is 2.87. The zero-order chi connectivity index (χ0) is 13.8. The van der Waals surface area contributed by atoms with E-state index in [1.54, 1.807) is 19.1 Å². The molecule has 0 N–H and O–H groups in total. The van der Waals surface area contributed by atoms with E-state index in [-0.39, 0.29) is 12.5 Å². The third-order valence-corrected chi connectivity index (χ3v) is 2.63. The molecule has 0 fully saturated rings. The minimum absolute atomic E-state index is 0.0184. The van der Waals surface area contributed by atoms with Crippen LogP contribution in [0.1, 0.15) is 45.1 Å². The highest BCUT2D eigenvalue weighted by Gasteiger charge is 2.39. The third-order valence-electron chi connectivity index (χ3n) is 2.63. The van der Waals surface area contributed by atoms with Gasteiger partial charge in [0, 0.05) is 0 Å². The summed E-state index contributed by atoms with van der Waals surface area (Å²) in [5, 5.41) is 0. The number of benzene rings is 1. The molecule has 1 atom stereocenters. The molecule has 0 bridgehead atoms. The molecule has 0 spiro atoms. The Morgan fingerprint density at radius 3 is 2.06 bits per heavy atom. The Kier molecular flexibility index (Phi) is 5.05. The van der Waals surface area contributed by atoms with Crippen LogP contribution in [0, 0.1) is 0 Å². The first-order valence-corrected chi connectivity index (χ1v) is 6.18. The lowest BCUT2D eigenvalue weighted by Crippen LogP contribution is -2.20. The molecule has 1 aromatic carbocycles. The van der Waals surface area contributed by atoms with Crippen molar-refractivity contribution in [2.45, 2.75) is 51.8 Å². The molecule has 0 radical (unpaired) electrons. The number of alkyl halides is 3. The Labute approximate surface area is 106 Å². The predicted octanol–water partition coefficient (Wildman–Crippen LogP) is 4.92. The van der Waals surface area contributed by atoms with E-state index in [0.29, 0.717) is 17.7 Å². The van der Waals surface area contributed by atoms with E-state index < -0.39 is 12.1 Å². The molecule has 0 aliphatic rings. The smallest absolute Gasteiger partial charge is 0.395 e. The van der Waals surface area contributed by atoms with Crippen molar-refractivity contribution in [1.82, 2.24) is 0 Å². The Morgan fingerprint density at radius 1 is 1.11 bits per heavy atom. The van der Waals surface area contributed by atoms with Gasteiger partial charge >= 0.3 is 6.18 Å². The number of rotatable bonds is 5. The molecule has 0 saturated heterocycles. The van der Waals surface area contributed by atoms with E-state index in [9.17, 15) is 13.2 Å². The van der Waals surface area contributed by atoms with Gasteiger partial charge in [0.2, 0.25) is 0 Å². The lowest BCUT2D eigenvalue weighted by molar-refractivity contribution is -0.152. The second-order valence-electron chi connectivity index (χ2n) is 4.62. The first-order chi connectivity index (χ1) is 8.34. The molecule has 0 saturated carbocycles. The topological polar surface area (TPSA) is 9.23 Å². The van der Waals surface area contributed by atoms with Gasteiger partial charge in [-0.1, -0.05) is 25.5 Å². The number of halogens is 3.